The fourth-order valence-electron chi connectivity index (χ4n) is 2.98. The number of amides is 1. The van der Waals surface area contributed by atoms with Gasteiger partial charge in [-0.2, -0.15) is 0 Å². The molecule has 1 aliphatic rings. The molecule has 6 heteroatoms. The lowest BCUT2D eigenvalue weighted by Gasteiger charge is -2.30. The van der Waals surface area contributed by atoms with E-state index in [1.807, 2.05) is 36.4 Å². The topological polar surface area (TPSA) is 53.6 Å². The fraction of sp³-hybridized carbons (Fsp3) is 0.350. The Bertz CT molecular complexity index is 760. The van der Waals surface area contributed by atoms with Gasteiger partial charge >= 0.3 is 0 Å². The maximum Gasteiger partial charge on any atom is 0.243 e. The highest BCUT2D eigenvalue weighted by Crippen LogP contribution is 2.29. The molecule has 0 aromatic heterocycles. The molecule has 0 unspecified atom stereocenters. The zero-order valence-electron chi connectivity index (χ0n) is 14.9. The number of carbonyl (C=O) groups excluding carboxylic acids is 1. The first-order valence-electron chi connectivity index (χ1n) is 8.90. The molecule has 3 rings (SSSR count). The lowest BCUT2D eigenvalue weighted by Crippen LogP contribution is -2.36. The number of halogens is 1. The monoisotopic (exact) mass is 373 g/mol. The molecule has 1 heterocycles. The minimum atomic E-state index is -0.0915. The summed E-state index contributed by atoms with van der Waals surface area (Å²) in [5.74, 6) is -0.0915. The van der Waals surface area contributed by atoms with E-state index in [1.54, 1.807) is 0 Å². The lowest BCUT2D eigenvalue weighted by atomic mass is 10.1. The standard InChI is InChI=1S/C20H24ClN3O2/c1-2-15-4-3-5-17(12-15)23-20(25)14-22-18-13-16(21)6-7-19(18)24-8-10-26-11-9-24/h3-7,12-13,22H,2,8-11,14H2,1H3,(H,23,25). The summed E-state index contributed by atoms with van der Waals surface area (Å²) in [7, 11) is 0. The molecule has 2 aromatic rings. The van der Waals surface area contributed by atoms with Crippen LogP contribution in [0, 0.1) is 0 Å². The number of rotatable bonds is 6. The van der Waals surface area contributed by atoms with Gasteiger partial charge in [0.15, 0.2) is 0 Å². The van der Waals surface area contributed by atoms with Crippen LogP contribution in [0.25, 0.3) is 0 Å². The molecule has 1 aliphatic heterocycles. The van der Waals surface area contributed by atoms with E-state index >= 15 is 0 Å². The van der Waals surface area contributed by atoms with Crippen LogP contribution in [-0.2, 0) is 16.0 Å². The molecule has 1 saturated heterocycles. The Kier molecular flexibility index (Phi) is 6.36. The van der Waals surface area contributed by atoms with Crippen molar-refractivity contribution in [3.05, 3.63) is 53.1 Å². The van der Waals surface area contributed by atoms with Crippen LogP contribution in [-0.4, -0.2) is 38.8 Å². The van der Waals surface area contributed by atoms with Crippen LogP contribution in [0.5, 0.6) is 0 Å². The summed E-state index contributed by atoms with van der Waals surface area (Å²) in [5, 5.41) is 6.79. The smallest absolute Gasteiger partial charge is 0.243 e. The van der Waals surface area contributed by atoms with Crippen molar-refractivity contribution in [3.63, 3.8) is 0 Å². The normalized spacial score (nSPS) is 14.2. The van der Waals surface area contributed by atoms with Crippen molar-refractivity contribution in [2.75, 3.05) is 48.4 Å². The summed E-state index contributed by atoms with van der Waals surface area (Å²) in [6.45, 7) is 5.33. The number of anilines is 3. The molecule has 0 spiro atoms. The van der Waals surface area contributed by atoms with Crippen LogP contribution in [0.15, 0.2) is 42.5 Å². The highest BCUT2D eigenvalue weighted by atomic mass is 35.5. The summed E-state index contributed by atoms with van der Waals surface area (Å²) in [6.07, 6.45) is 0.938. The van der Waals surface area contributed by atoms with Crippen molar-refractivity contribution in [2.45, 2.75) is 13.3 Å². The maximum absolute atomic E-state index is 12.3. The van der Waals surface area contributed by atoms with Crippen LogP contribution in [0.4, 0.5) is 17.1 Å². The van der Waals surface area contributed by atoms with Crippen molar-refractivity contribution in [1.82, 2.24) is 0 Å². The van der Waals surface area contributed by atoms with Gasteiger partial charge in [-0.15, -0.1) is 0 Å². The lowest BCUT2D eigenvalue weighted by molar-refractivity contribution is -0.114. The van der Waals surface area contributed by atoms with Crippen LogP contribution in [0.2, 0.25) is 5.02 Å². The minimum absolute atomic E-state index is 0.0915. The Morgan fingerprint density at radius 1 is 1.19 bits per heavy atom. The SMILES string of the molecule is CCc1cccc(NC(=O)CNc2cc(Cl)ccc2N2CCOCC2)c1. The van der Waals surface area contributed by atoms with Gasteiger partial charge < -0.3 is 20.3 Å². The van der Waals surface area contributed by atoms with Crippen LogP contribution in [0.3, 0.4) is 0 Å². The Morgan fingerprint density at radius 2 is 2.00 bits per heavy atom. The summed E-state index contributed by atoms with van der Waals surface area (Å²) in [4.78, 5) is 14.6. The molecular weight excluding hydrogens is 350 g/mol. The summed E-state index contributed by atoms with van der Waals surface area (Å²) in [5.41, 5.74) is 3.91. The number of carbonyl (C=O) groups is 1. The van der Waals surface area contributed by atoms with Crippen LogP contribution in [0.1, 0.15) is 12.5 Å². The zero-order valence-corrected chi connectivity index (χ0v) is 15.7. The third-order valence-corrected chi connectivity index (χ3v) is 4.60. The highest BCUT2D eigenvalue weighted by molar-refractivity contribution is 6.31. The third kappa shape index (κ3) is 4.90. The molecule has 0 atom stereocenters. The van der Waals surface area contributed by atoms with Gasteiger partial charge in [-0.1, -0.05) is 30.7 Å². The second-order valence-corrected chi connectivity index (χ2v) is 6.65. The molecule has 2 N–H and O–H groups in total. The minimum Gasteiger partial charge on any atom is -0.378 e. The maximum atomic E-state index is 12.3. The van der Waals surface area contributed by atoms with Crippen molar-refractivity contribution in [2.24, 2.45) is 0 Å². The van der Waals surface area contributed by atoms with E-state index in [0.717, 1.165) is 36.6 Å². The van der Waals surface area contributed by atoms with Crippen molar-refractivity contribution in [3.8, 4) is 0 Å². The van der Waals surface area contributed by atoms with Crippen LogP contribution < -0.4 is 15.5 Å². The molecule has 1 fully saturated rings. The first kappa shape index (κ1) is 18.5. The Morgan fingerprint density at radius 3 is 2.77 bits per heavy atom. The molecule has 0 saturated carbocycles. The molecular formula is C20H24ClN3O2. The van der Waals surface area contributed by atoms with E-state index in [0.29, 0.717) is 18.2 Å². The predicted molar refractivity (Wildman–Crippen MR) is 107 cm³/mol. The van der Waals surface area contributed by atoms with E-state index in [2.05, 4.69) is 28.5 Å². The van der Waals surface area contributed by atoms with Gasteiger partial charge in [-0.05, 0) is 42.3 Å². The van der Waals surface area contributed by atoms with E-state index in [4.69, 9.17) is 16.3 Å². The number of nitrogens with one attached hydrogen (secondary N) is 2. The van der Waals surface area contributed by atoms with E-state index in [1.165, 1.54) is 5.56 Å². The van der Waals surface area contributed by atoms with Crippen molar-refractivity contribution in [1.29, 1.82) is 0 Å². The Labute approximate surface area is 159 Å². The summed E-state index contributed by atoms with van der Waals surface area (Å²) >= 11 is 6.15. The number of morpholine rings is 1. The van der Waals surface area contributed by atoms with Gasteiger partial charge in [0.25, 0.3) is 0 Å². The van der Waals surface area contributed by atoms with E-state index < -0.39 is 0 Å². The number of nitrogens with zero attached hydrogens (tertiary/aromatic N) is 1. The van der Waals surface area contributed by atoms with E-state index in [-0.39, 0.29) is 12.5 Å². The van der Waals surface area contributed by atoms with Gasteiger partial charge in [0.2, 0.25) is 5.91 Å². The van der Waals surface area contributed by atoms with Crippen molar-refractivity contribution >= 4 is 34.6 Å². The molecule has 5 nitrogen and oxygen atoms in total. The van der Waals surface area contributed by atoms with Gasteiger partial charge in [0.1, 0.15) is 0 Å². The second-order valence-electron chi connectivity index (χ2n) is 6.22. The predicted octanol–water partition coefficient (Wildman–Crippen LogP) is 3.79. The van der Waals surface area contributed by atoms with Gasteiger partial charge in [-0.3, -0.25) is 4.79 Å². The number of aryl methyl sites for hydroxylation is 1. The zero-order chi connectivity index (χ0) is 18.4. The molecule has 138 valence electrons. The Hall–Kier alpha value is -2.24. The quantitative estimate of drug-likeness (QED) is 0.808. The van der Waals surface area contributed by atoms with Gasteiger partial charge in [0, 0.05) is 23.8 Å². The number of benzene rings is 2. The van der Waals surface area contributed by atoms with Gasteiger partial charge in [-0.25, -0.2) is 0 Å². The molecule has 2 aromatic carbocycles. The number of hydrogen-bond acceptors (Lipinski definition) is 4. The first-order valence-corrected chi connectivity index (χ1v) is 9.28. The largest absolute Gasteiger partial charge is 0.378 e. The summed E-state index contributed by atoms with van der Waals surface area (Å²) in [6, 6.07) is 13.6. The molecule has 0 bridgehead atoms. The molecule has 1 amide bonds. The highest BCUT2D eigenvalue weighted by Gasteiger charge is 2.15. The number of hydrogen-bond donors (Lipinski definition) is 2. The molecule has 26 heavy (non-hydrogen) atoms. The Balaban J connectivity index is 1.64. The average Bonchev–Trinajstić information content (AvgIpc) is 2.67. The van der Waals surface area contributed by atoms with Gasteiger partial charge in [0.05, 0.1) is 31.1 Å². The van der Waals surface area contributed by atoms with Crippen LogP contribution >= 0.6 is 11.6 Å². The average molecular weight is 374 g/mol. The van der Waals surface area contributed by atoms with E-state index in [9.17, 15) is 4.79 Å². The fourth-order valence-corrected chi connectivity index (χ4v) is 3.15. The van der Waals surface area contributed by atoms with Crippen molar-refractivity contribution < 1.29 is 9.53 Å². The number of ether oxygens (including phenoxy) is 1. The summed E-state index contributed by atoms with van der Waals surface area (Å²) < 4.78 is 5.42. The second kappa shape index (κ2) is 8.92. The molecule has 0 aliphatic carbocycles. The first-order chi connectivity index (χ1) is 12.7. The third-order valence-electron chi connectivity index (χ3n) is 4.37. The molecule has 0 radical (unpaired) electrons.